The Morgan fingerprint density at radius 3 is 2.67 bits per heavy atom. The number of benzene rings is 1. The van der Waals surface area contributed by atoms with Gasteiger partial charge < -0.3 is 4.74 Å². The summed E-state index contributed by atoms with van der Waals surface area (Å²) in [4.78, 5) is 12.8. The van der Waals surface area contributed by atoms with Crippen molar-refractivity contribution < 1.29 is 17.9 Å². The van der Waals surface area contributed by atoms with Crippen LogP contribution < -0.4 is 10.1 Å². The van der Waals surface area contributed by atoms with E-state index in [9.17, 15) is 13.2 Å². The number of hydrogen-bond acceptors (Lipinski definition) is 9. The van der Waals surface area contributed by atoms with Gasteiger partial charge in [0.25, 0.3) is 5.91 Å². The lowest BCUT2D eigenvalue weighted by atomic mass is 10.1. The van der Waals surface area contributed by atoms with E-state index >= 15 is 0 Å². The predicted octanol–water partition coefficient (Wildman–Crippen LogP) is 2.74. The Bertz CT molecular complexity index is 1170. The third-order valence-corrected chi connectivity index (χ3v) is 8.27. The van der Waals surface area contributed by atoms with Gasteiger partial charge in [-0.2, -0.15) is 5.10 Å². The molecule has 4 rings (SSSR count). The predicted molar refractivity (Wildman–Crippen MR) is 116 cm³/mol. The minimum Gasteiger partial charge on any atom is -0.497 e. The number of sulfone groups is 1. The van der Waals surface area contributed by atoms with E-state index in [1.807, 2.05) is 30.5 Å². The van der Waals surface area contributed by atoms with Gasteiger partial charge in [0.15, 0.2) is 19.9 Å². The second-order valence-electron chi connectivity index (χ2n) is 6.68. The quantitative estimate of drug-likeness (QED) is 0.436. The Kier molecular flexibility index (Phi) is 5.80. The molecule has 158 valence electrons. The molecule has 1 aromatic carbocycles. The summed E-state index contributed by atoms with van der Waals surface area (Å²) in [6, 6.07) is 8.67. The molecule has 0 bridgehead atoms. The highest BCUT2D eigenvalue weighted by Gasteiger charge is 2.32. The number of amides is 1. The van der Waals surface area contributed by atoms with E-state index in [0.29, 0.717) is 23.0 Å². The number of hydrogen-bond donors (Lipinski definition) is 1. The summed E-state index contributed by atoms with van der Waals surface area (Å²) in [5.41, 5.74) is 1.67. The Morgan fingerprint density at radius 2 is 2.07 bits per heavy atom. The van der Waals surface area contributed by atoms with Crippen LogP contribution in [0, 0.1) is 0 Å². The highest BCUT2D eigenvalue weighted by Crippen LogP contribution is 2.31. The maximum Gasteiger partial charge on any atom is 0.278 e. The first kappa shape index (κ1) is 20.8. The second kappa shape index (κ2) is 8.36. The van der Waals surface area contributed by atoms with Crippen molar-refractivity contribution in [3.05, 3.63) is 36.0 Å². The number of anilines is 1. The molecular formula is C18H19N5O4S3. The molecule has 3 aromatic rings. The number of thioether (sulfide) groups is 1. The zero-order chi connectivity index (χ0) is 21.3. The molecule has 0 spiro atoms. The van der Waals surface area contributed by atoms with Crippen molar-refractivity contribution in [2.45, 2.75) is 16.8 Å². The first-order valence-corrected chi connectivity index (χ1v) is 12.9. The number of methoxy groups -OCH3 is 1. The van der Waals surface area contributed by atoms with Crippen LogP contribution in [0.15, 0.2) is 34.7 Å². The Morgan fingerprint density at radius 1 is 1.30 bits per heavy atom. The summed E-state index contributed by atoms with van der Waals surface area (Å²) < 4.78 is 31.6. The van der Waals surface area contributed by atoms with Crippen molar-refractivity contribution in [2.75, 3.05) is 30.2 Å². The number of carbonyl (C=O) groups excluding carboxylic acids is 1. The number of nitrogens with one attached hydrogen (secondary N) is 1. The van der Waals surface area contributed by atoms with Crippen LogP contribution in [0.4, 0.5) is 5.13 Å². The molecule has 12 heteroatoms. The molecule has 1 fully saturated rings. The summed E-state index contributed by atoms with van der Waals surface area (Å²) in [7, 11) is -1.53. The molecule has 1 unspecified atom stereocenters. The van der Waals surface area contributed by atoms with Gasteiger partial charge in [0.1, 0.15) is 5.75 Å². The molecule has 1 N–H and O–H groups in total. The third kappa shape index (κ3) is 4.35. The summed E-state index contributed by atoms with van der Waals surface area (Å²) in [5, 5.41) is 15.5. The number of aromatic nitrogens is 4. The molecule has 0 saturated carbocycles. The molecule has 1 aliphatic rings. The average molecular weight is 466 g/mol. The van der Waals surface area contributed by atoms with Gasteiger partial charge in [-0.3, -0.25) is 14.8 Å². The first-order valence-electron chi connectivity index (χ1n) is 9.02. The van der Waals surface area contributed by atoms with Crippen LogP contribution in [0.1, 0.15) is 23.0 Å². The fourth-order valence-corrected chi connectivity index (χ4v) is 6.09. The fourth-order valence-electron chi connectivity index (χ4n) is 3.23. The minimum atomic E-state index is -3.11. The lowest BCUT2D eigenvalue weighted by molar-refractivity contribution is 0.102. The molecule has 1 saturated heterocycles. The van der Waals surface area contributed by atoms with Crippen molar-refractivity contribution in [3.8, 4) is 17.0 Å². The minimum absolute atomic E-state index is 0.00633. The molecule has 1 aliphatic heterocycles. The molecule has 9 nitrogen and oxygen atoms in total. The molecule has 2 aromatic heterocycles. The van der Waals surface area contributed by atoms with Crippen LogP contribution in [0.5, 0.6) is 5.75 Å². The monoisotopic (exact) mass is 465 g/mol. The highest BCUT2D eigenvalue weighted by atomic mass is 32.2. The standard InChI is InChI=1S/C18H19N5O4S3/c1-27-13-5-3-11(4-6-13)15-9-14(16(24)19-17-20-21-18(28-2)29-17)22-23(15)12-7-8-30(25,26)10-12/h3-6,9,12H,7-8,10H2,1-2H3,(H,19,20,24). The summed E-state index contributed by atoms with van der Waals surface area (Å²) in [6.45, 7) is 0. The van der Waals surface area contributed by atoms with E-state index in [1.165, 1.54) is 23.1 Å². The maximum absolute atomic E-state index is 12.8. The van der Waals surface area contributed by atoms with E-state index in [1.54, 1.807) is 17.9 Å². The normalized spacial score (nSPS) is 17.7. The fraction of sp³-hybridized carbons (Fsp3) is 0.333. The van der Waals surface area contributed by atoms with Gasteiger partial charge in [0.05, 0.1) is 30.4 Å². The molecule has 0 radical (unpaired) electrons. The van der Waals surface area contributed by atoms with Crippen molar-refractivity contribution in [3.63, 3.8) is 0 Å². The van der Waals surface area contributed by atoms with Gasteiger partial charge in [-0.15, -0.1) is 10.2 Å². The average Bonchev–Trinajstić information content (AvgIpc) is 3.46. The van der Waals surface area contributed by atoms with Crippen molar-refractivity contribution in [1.82, 2.24) is 20.0 Å². The molecule has 3 heterocycles. The van der Waals surface area contributed by atoms with Crippen molar-refractivity contribution in [1.29, 1.82) is 0 Å². The first-order chi connectivity index (χ1) is 14.4. The SMILES string of the molecule is COc1ccc(-c2cc(C(=O)Nc3nnc(SC)s3)nn2C2CCS(=O)(=O)C2)cc1. The van der Waals surface area contributed by atoms with Crippen LogP contribution in [0.25, 0.3) is 11.3 Å². The van der Waals surface area contributed by atoms with Gasteiger partial charge in [-0.1, -0.05) is 23.1 Å². The molecule has 1 amide bonds. The third-order valence-electron chi connectivity index (χ3n) is 4.71. The van der Waals surface area contributed by atoms with E-state index in [-0.39, 0.29) is 23.2 Å². The van der Waals surface area contributed by atoms with E-state index in [4.69, 9.17) is 4.74 Å². The lowest BCUT2D eigenvalue weighted by Gasteiger charge is -2.13. The van der Waals surface area contributed by atoms with Crippen LogP contribution >= 0.6 is 23.1 Å². The van der Waals surface area contributed by atoms with Crippen LogP contribution in [-0.2, 0) is 9.84 Å². The van der Waals surface area contributed by atoms with E-state index < -0.39 is 15.7 Å². The largest absolute Gasteiger partial charge is 0.497 e. The molecular weight excluding hydrogens is 446 g/mol. The van der Waals surface area contributed by atoms with E-state index in [2.05, 4.69) is 20.6 Å². The summed E-state index contributed by atoms with van der Waals surface area (Å²) in [6.07, 6.45) is 2.34. The number of ether oxygens (including phenoxy) is 1. The number of carbonyl (C=O) groups is 1. The van der Waals surface area contributed by atoms with Crippen LogP contribution in [0.2, 0.25) is 0 Å². The van der Waals surface area contributed by atoms with Gasteiger partial charge in [-0.05, 0) is 43.0 Å². The second-order valence-corrected chi connectivity index (χ2v) is 10.9. The summed E-state index contributed by atoms with van der Waals surface area (Å²) >= 11 is 2.72. The zero-order valence-electron chi connectivity index (χ0n) is 16.2. The van der Waals surface area contributed by atoms with Gasteiger partial charge in [0.2, 0.25) is 5.13 Å². The molecule has 0 aliphatic carbocycles. The number of nitrogens with zero attached hydrogens (tertiary/aromatic N) is 4. The zero-order valence-corrected chi connectivity index (χ0v) is 18.7. The Balaban J connectivity index is 1.68. The van der Waals surface area contributed by atoms with Crippen LogP contribution in [0.3, 0.4) is 0 Å². The summed E-state index contributed by atoms with van der Waals surface area (Å²) in [5.74, 6) is 0.399. The smallest absolute Gasteiger partial charge is 0.278 e. The van der Waals surface area contributed by atoms with Gasteiger partial charge in [-0.25, -0.2) is 8.42 Å². The van der Waals surface area contributed by atoms with Crippen molar-refractivity contribution >= 4 is 44.0 Å². The van der Waals surface area contributed by atoms with Gasteiger partial charge >= 0.3 is 0 Å². The van der Waals surface area contributed by atoms with Crippen LogP contribution in [-0.4, -0.2) is 59.2 Å². The van der Waals surface area contributed by atoms with Gasteiger partial charge in [0, 0.05) is 5.56 Å². The Hall–Kier alpha value is -2.44. The van der Waals surface area contributed by atoms with Crippen molar-refractivity contribution in [2.24, 2.45) is 0 Å². The topological polar surface area (TPSA) is 116 Å². The molecule has 30 heavy (non-hydrogen) atoms. The lowest BCUT2D eigenvalue weighted by Crippen LogP contribution is -2.16. The molecule has 1 atom stereocenters. The highest BCUT2D eigenvalue weighted by molar-refractivity contribution is 8.00. The maximum atomic E-state index is 12.8. The van der Waals surface area contributed by atoms with E-state index in [0.717, 1.165) is 9.90 Å². The Labute approximate surface area is 181 Å². The number of rotatable bonds is 6.